The number of hydrogen-bond donors (Lipinski definition) is 1. The summed E-state index contributed by atoms with van der Waals surface area (Å²) in [5.41, 5.74) is 0.859. The molecule has 0 bridgehead atoms. The topological polar surface area (TPSA) is 71.3 Å². The molecule has 0 aliphatic rings. The second kappa shape index (κ2) is 7.17. The van der Waals surface area contributed by atoms with E-state index in [-0.39, 0.29) is 19.3 Å². The van der Waals surface area contributed by atoms with Gasteiger partial charge in [0.05, 0.1) is 12.2 Å². The van der Waals surface area contributed by atoms with Gasteiger partial charge in [0, 0.05) is 0 Å². The van der Waals surface area contributed by atoms with Crippen LogP contribution in [0.25, 0.3) is 0 Å². The minimum Gasteiger partial charge on any atom is -0.491 e. The van der Waals surface area contributed by atoms with Gasteiger partial charge in [-0.25, -0.2) is 4.79 Å². The number of nitrogens with zero attached hydrogens (tertiary/aromatic N) is 1. The molecular formula is C13H16N2O3. The van der Waals surface area contributed by atoms with Crippen LogP contribution >= 0.6 is 0 Å². The molecule has 0 heterocycles. The Labute approximate surface area is 106 Å². The fraction of sp³-hybridized carbons (Fsp3) is 0.385. The highest BCUT2D eigenvalue weighted by Gasteiger charge is 2.02. The normalized spacial score (nSPS) is 9.67. The van der Waals surface area contributed by atoms with Crippen molar-refractivity contribution in [3.05, 3.63) is 29.8 Å². The van der Waals surface area contributed by atoms with Crippen molar-refractivity contribution in [3.8, 4) is 11.8 Å². The summed E-state index contributed by atoms with van der Waals surface area (Å²) in [5.74, 6) is 0.780. The Balaban J connectivity index is 2.39. The molecule has 1 rings (SSSR count). The van der Waals surface area contributed by atoms with Crippen molar-refractivity contribution in [3.63, 3.8) is 0 Å². The number of benzene rings is 1. The minimum atomic E-state index is -0.598. The van der Waals surface area contributed by atoms with E-state index in [9.17, 15) is 4.79 Å². The summed E-state index contributed by atoms with van der Waals surface area (Å²) in [5, 5.41) is 10.6. The fourth-order valence-electron chi connectivity index (χ4n) is 1.25. The van der Waals surface area contributed by atoms with Crippen molar-refractivity contribution in [1.82, 2.24) is 5.32 Å². The first-order chi connectivity index (χ1) is 8.61. The smallest absolute Gasteiger partial charge is 0.408 e. The molecule has 0 aliphatic heterocycles. The number of rotatable bonds is 5. The molecule has 0 atom stereocenters. The Morgan fingerprint density at radius 3 is 2.61 bits per heavy atom. The Morgan fingerprint density at radius 1 is 1.39 bits per heavy atom. The van der Waals surface area contributed by atoms with E-state index in [4.69, 9.17) is 14.7 Å². The van der Waals surface area contributed by atoms with Crippen molar-refractivity contribution < 1.29 is 14.3 Å². The Kier molecular flexibility index (Phi) is 5.52. The van der Waals surface area contributed by atoms with E-state index in [1.165, 1.54) is 0 Å². The van der Waals surface area contributed by atoms with Crippen LogP contribution in [-0.4, -0.2) is 18.7 Å². The maximum absolute atomic E-state index is 11.1. The van der Waals surface area contributed by atoms with Gasteiger partial charge in [0.15, 0.2) is 0 Å². The Hall–Kier alpha value is -2.22. The summed E-state index contributed by atoms with van der Waals surface area (Å²) >= 11 is 0. The molecule has 18 heavy (non-hydrogen) atoms. The molecule has 0 saturated carbocycles. The minimum absolute atomic E-state index is 0.0556. The lowest BCUT2D eigenvalue weighted by molar-refractivity contribution is 0.141. The molecule has 1 aromatic carbocycles. The number of hydrogen-bond acceptors (Lipinski definition) is 4. The maximum Gasteiger partial charge on any atom is 0.408 e. The largest absolute Gasteiger partial charge is 0.491 e. The highest BCUT2D eigenvalue weighted by molar-refractivity contribution is 5.67. The molecule has 96 valence electrons. The van der Waals surface area contributed by atoms with Crippen LogP contribution in [0.5, 0.6) is 5.75 Å². The molecule has 1 N–H and O–H groups in total. The molecule has 0 radical (unpaired) electrons. The Morgan fingerprint density at radius 2 is 2.06 bits per heavy atom. The van der Waals surface area contributed by atoms with Gasteiger partial charge in [-0.2, -0.15) is 5.26 Å². The van der Waals surface area contributed by atoms with Crippen LogP contribution in [-0.2, 0) is 11.3 Å². The van der Waals surface area contributed by atoms with E-state index in [0.717, 1.165) is 11.3 Å². The molecule has 0 aliphatic carbocycles. The molecule has 0 aromatic heterocycles. The lowest BCUT2D eigenvalue weighted by atomic mass is 10.2. The van der Waals surface area contributed by atoms with E-state index >= 15 is 0 Å². The number of nitriles is 1. The van der Waals surface area contributed by atoms with Gasteiger partial charge < -0.3 is 14.8 Å². The summed E-state index contributed by atoms with van der Waals surface area (Å²) in [7, 11) is 0. The molecule has 0 spiro atoms. The lowest BCUT2D eigenvalue weighted by Gasteiger charge is -2.10. The molecule has 0 fully saturated rings. The van der Waals surface area contributed by atoms with Crippen molar-refractivity contribution in [2.24, 2.45) is 0 Å². The van der Waals surface area contributed by atoms with Crippen molar-refractivity contribution in [2.45, 2.75) is 26.6 Å². The van der Waals surface area contributed by atoms with Gasteiger partial charge in [-0.15, -0.1) is 0 Å². The second-order valence-electron chi connectivity index (χ2n) is 3.90. The number of carbonyl (C=O) groups excluding carboxylic acids is 1. The molecular weight excluding hydrogens is 232 g/mol. The van der Waals surface area contributed by atoms with Crippen molar-refractivity contribution >= 4 is 6.09 Å². The summed E-state index contributed by atoms with van der Waals surface area (Å²) in [6.07, 6.45) is -0.470. The first-order valence-electron chi connectivity index (χ1n) is 5.65. The SMILES string of the molecule is CC(C)Oc1ccc(COC(=O)NCC#N)cc1. The number of ether oxygens (including phenoxy) is 2. The van der Waals surface area contributed by atoms with Crippen LogP contribution in [0.3, 0.4) is 0 Å². The zero-order chi connectivity index (χ0) is 13.4. The van der Waals surface area contributed by atoms with Crippen LogP contribution in [0.2, 0.25) is 0 Å². The molecule has 5 heteroatoms. The van der Waals surface area contributed by atoms with Gasteiger partial charge in [-0.1, -0.05) is 12.1 Å². The first-order valence-corrected chi connectivity index (χ1v) is 5.65. The van der Waals surface area contributed by atoms with E-state index < -0.39 is 6.09 Å². The monoisotopic (exact) mass is 248 g/mol. The fourth-order valence-corrected chi connectivity index (χ4v) is 1.25. The highest BCUT2D eigenvalue weighted by Crippen LogP contribution is 2.14. The van der Waals surface area contributed by atoms with Crippen molar-refractivity contribution in [2.75, 3.05) is 6.54 Å². The second-order valence-corrected chi connectivity index (χ2v) is 3.90. The molecule has 0 unspecified atom stereocenters. The van der Waals surface area contributed by atoms with Crippen LogP contribution in [0.1, 0.15) is 19.4 Å². The maximum atomic E-state index is 11.1. The zero-order valence-electron chi connectivity index (χ0n) is 10.5. The molecule has 0 saturated heterocycles. The summed E-state index contributed by atoms with van der Waals surface area (Å²) in [6, 6.07) is 9.10. The number of amides is 1. The third kappa shape index (κ3) is 5.21. The summed E-state index contributed by atoms with van der Waals surface area (Å²) in [6.45, 7) is 4.02. The number of alkyl carbamates (subject to hydrolysis) is 1. The standard InChI is InChI=1S/C13H16N2O3/c1-10(2)18-12-5-3-11(4-6-12)9-17-13(16)15-8-7-14/h3-6,10H,8-9H2,1-2H3,(H,15,16). The van der Waals surface area contributed by atoms with Crippen LogP contribution < -0.4 is 10.1 Å². The third-order valence-corrected chi connectivity index (χ3v) is 1.98. The van der Waals surface area contributed by atoms with E-state index in [0.29, 0.717) is 0 Å². The van der Waals surface area contributed by atoms with Gasteiger partial charge in [-0.3, -0.25) is 0 Å². The first kappa shape index (κ1) is 13.8. The zero-order valence-corrected chi connectivity index (χ0v) is 10.5. The average Bonchev–Trinajstić information content (AvgIpc) is 2.35. The van der Waals surface area contributed by atoms with Crippen LogP contribution in [0.4, 0.5) is 4.79 Å². The van der Waals surface area contributed by atoms with Crippen molar-refractivity contribution in [1.29, 1.82) is 5.26 Å². The van der Waals surface area contributed by atoms with Gasteiger partial charge in [0.2, 0.25) is 0 Å². The summed E-state index contributed by atoms with van der Waals surface area (Å²) < 4.78 is 10.4. The van der Waals surface area contributed by atoms with Crippen LogP contribution in [0.15, 0.2) is 24.3 Å². The molecule has 5 nitrogen and oxygen atoms in total. The van der Waals surface area contributed by atoms with Gasteiger partial charge in [0.1, 0.15) is 18.9 Å². The predicted octanol–water partition coefficient (Wildman–Crippen LogP) is 2.22. The lowest BCUT2D eigenvalue weighted by Crippen LogP contribution is -2.24. The number of nitrogens with one attached hydrogen (secondary N) is 1. The number of carbonyl (C=O) groups is 1. The van der Waals surface area contributed by atoms with E-state index in [1.807, 2.05) is 38.1 Å². The quantitative estimate of drug-likeness (QED) is 0.811. The third-order valence-electron chi connectivity index (χ3n) is 1.98. The Bertz CT molecular complexity index is 421. The molecule has 1 amide bonds. The molecule has 1 aromatic rings. The average molecular weight is 248 g/mol. The summed E-state index contributed by atoms with van der Waals surface area (Å²) in [4.78, 5) is 11.1. The van der Waals surface area contributed by atoms with E-state index in [1.54, 1.807) is 6.07 Å². The highest BCUT2D eigenvalue weighted by atomic mass is 16.5. The van der Waals surface area contributed by atoms with Gasteiger partial charge >= 0.3 is 6.09 Å². The van der Waals surface area contributed by atoms with Gasteiger partial charge in [0.25, 0.3) is 0 Å². The van der Waals surface area contributed by atoms with Crippen LogP contribution in [0, 0.1) is 11.3 Å². The van der Waals surface area contributed by atoms with E-state index in [2.05, 4.69) is 5.32 Å². The predicted molar refractivity (Wildman–Crippen MR) is 66.0 cm³/mol. The van der Waals surface area contributed by atoms with Gasteiger partial charge in [-0.05, 0) is 31.5 Å².